The Morgan fingerprint density at radius 2 is 1.33 bits per heavy atom. The minimum Gasteiger partial charge on any atom is -0.339 e. The fraction of sp³-hybridized carbons (Fsp3) is 0.636. The van der Waals surface area contributed by atoms with Gasteiger partial charge in [0.05, 0.1) is 22.3 Å². The van der Waals surface area contributed by atoms with Crippen LogP contribution in [0.4, 0.5) is 0 Å². The Kier molecular flexibility index (Phi) is 6.84. The van der Waals surface area contributed by atoms with Gasteiger partial charge in [0, 0.05) is 45.2 Å². The first kappa shape index (κ1) is 24.2. The van der Waals surface area contributed by atoms with Crippen LogP contribution in [0.25, 0.3) is 0 Å². The standard InChI is InChI=1S/C22H31N3O6S2/c1-17-2-4-20(5-3-17)33(30,31)25-9-6-18(7-10-25)21(26)23-11-13-24(14-12-23)22(27)19-8-15-32(28,29)16-19/h2-5,18-19H,6-16H2,1H3/t19-/m1/s1. The van der Waals surface area contributed by atoms with Crippen molar-refractivity contribution in [1.29, 1.82) is 0 Å². The third-order valence-electron chi connectivity index (χ3n) is 6.95. The van der Waals surface area contributed by atoms with Crippen molar-refractivity contribution in [3.63, 3.8) is 0 Å². The Morgan fingerprint density at radius 3 is 1.82 bits per heavy atom. The lowest BCUT2D eigenvalue weighted by Crippen LogP contribution is -2.54. The number of amides is 2. The van der Waals surface area contributed by atoms with Crippen LogP contribution in [-0.2, 0) is 29.4 Å². The van der Waals surface area contributed by atoms with Crippen LogP contribution in [-0.4, -0.2) is 93.5 Å². The van der Waals surface area contributed by atoms with Gasteiger partial charge in [-0.2, -0.15) is 4.31 Å². The summed E-state index contributed by atoms with van der Waals surface area (Å²) in [5.74, 6) is -0.806. The van der Waals surface area contributed by atoms with Crippen LogP contribution >= 0.6 is 0 Å². The first-order valence-corrected chi connectivity index (χ1v) is 14.7. The molecule has 1 atom stereocenters. The summed E-state index contributed by atoms with van der Waals surface area (Å²) in [6, 6.07) is 6.78. The molecule has 2 amide bonds. The molecule has 0 radical (unpaired) electrons. The number of nitrogens with zero attached hydrogens (tertiary/aromatic N) is 3. The number of sulfone groups is 1. The predicted molar refractivity (Wildman–Crippen MR) is 123 cm³/mol. The van der Waals surface area contributed by atoms with E-state index >= 15 is 0 Å². The van der Waals surface area contributed by atoms with Gasteiger partial charge in [-0.25, -0.2) is 16.8 Å². The van der Waals surface area contributed by atoms with Crippen LogP contribution in [0.5, 0.6) is 0 Å². The molecule has 3 aliphatic heterocycles. The number of rotatable bonds is 4. The minimum absolute atomic E-state index is 0.0120. The quantitative estimate of drug-likeness (QED) is 0.599. The first-order chi connectivity index (χ1) is 15.6. The van der Waals surface area contributed by atoms with E-state index in [1.165, 1.54) is 4.31 Å². The third-order valence-corrected chi connectivity index (χ3v) is 10.6. The Balaban J connectivity index is 1.27. The molecule has 1 aromatic carbocycles. The number of piperazine rings is 1. The molecule has 0 bridgehead atoms. The van der Waals surface area contributed by atoms with Gasteiger partial charge in [-0.15, -0.1) is 0 Å². The van der Waals surface area contributed by atoms with Crippen LogP contribution in [0.2, 0.25) is 0 Å². The smallest absolute Gasteiger partial charge is 0.243 e. The normalized spacial score (nSPS) is 24.7. The highest BCUT2D eigenvalue weighted by molar-refractivity contribution is 7.91. The van der Waals surface area contributed by atoms with Crippen LogP contribution in [0.15, 0.2) is 29.2 Å². The van der Waals surface area contributed by atoms with E-state index in [1.54, 1.807) is 34.1 Å². The molecular weight excluding hydrogens is 466 g/mol. The van der Waals surface area contributed by atoms with Crippen LogP contribution in [0, 0.1) is 18.8 Å². The molecule has 0 unspecified atom stereocenters. The van der Waals surface area contributed by atoms with Gasteiger partial charge in [0.2, 0.25) is 21.8 Å². The molecule has 33 heavy (non-hydrogen) atoms. The van der Waals surface area contributed by atoms with Gasteiger partial charge in [-0.3, -0.25) is 9.59 Å². The summed E-state index contributed by atoms with van der Waals surface area (Å²) in [5.41, 5.74) is 0.994. The van der Waals surface area contributed by atoms with Crippen molar-refractivity contribution in [2.75, 3.05) is 50.8 Å². The van der Waals surface area contributed by atoms with E-state index in [4.69, 9.17) is 0 Å². The van der Waals surface area contributed by atoms with Crippen LogP contribution in [0.1, 0.15) is 24.8 Å². The highest BCUT2D eigenvalue weighted by atomic mass is 32.2. The summed E-state index contributed by atoms with van der Waals surface area (Å²) in [4.78, 5) is 29.3. The molecule has 182 valence electrons. The van der Waals surface area contributed by atoms with E-state index in [2.05, 4.69) is 0 Å². The van der Waals surface area contributed by atoms with E-state index in [-0.39, 0.29) is 34.1 Å². The zero-order chi connectivity index (χ0) is 23.8. The lowest BCUT2D eigenvalue weighted by Gasteiger charge is -2.39. The molecule has 0 spiro atoms. The Morgan fingerprint density at radius 1 is 0.818 bits per heavy atom. The second-order valence-electron chi connectivity index (χ2n) is 9.24. The number of hydrogen-bond acceptors (Lipinski definition) is 6. The van der Waals surface area contributed by atoms with E-state index in [1.807, 2.05) is 6.92 Å². The molecule has 11 heteroatoms. The number of hydrogen-bond donors (Lipinski definition) is 0. The highest BCUT2D eigenvalue weighted by Crippen LogP contribution is 2.26. The lowest BCUT2D eigenvalue weighted by atomic mass is 9.96. The van der Waals surface area contributed by atoms with Gasteiger partial charge in [0.25, 0.3) is 0 Å². The molecule has 0 saturated carbocycles. The Hall–Kier alpha value is -1.98. The molecule has 0 aliphatic carbocycles. The predicted octanol–water partition coefficient (Wildman–Crippen LogP) is 0.501. The molecule has 3 fully saturated rings. The summed E-state index contributed by atoms with van der Waals surface area (Å²) in [6.07, 6.45) is 1.33. The number of aryl methyl sites for hydroxylation is 1. The van der Waals surface area contributed by atoms with Gasteiger partial charge in [-0.1, -0.05) is 17.7 Å². The maximum absolute atomic E-state index is 13.0. The van der Waals surface area contributed by atoms with Crippen LogP contribution < -0.4 is 0 Å². The fourth-order valence-electron chi connectivity index (χ4n) is 4.86. The van der Waals surface area contributed by atoms with E-state index in [9.17, 15) is 26.4 Å². The first-order valence-electron chi connectivity index (χ1n) is 11.4. The molecule has 0 N–H and O–H groups in total. The maximum atomic E-state index is 13.0. The van der Waals surface area contributed by atoms with Gasteiger partial charge in [0.1, 0.15) is 0 Å². The number of carbonyl (C=O) groups is 2. The summed E-state index contributed by atoms with van der Waals surface area (Å²) >= 11 is 0. The fourth-order valence-corrected chi connectivity index (χ4v) is 8.06. The van der Waals surface area contributed by atoms with E-state index in [0.29, 0.717) is 58.5 Å². The van der Waals surface area contributed by atoms with Gasteiger partial charge in [0.15, 0.2) is 9.84 Å². The summed E-state index contributed by atoms with van der Waals surface area (Å²) in [7, 11) is -6.68. The van der Waals surface area contributed by atoms with Gasteiger partial charge in [-0.05, 0) is 38.3 Å². The van der Waals surface area contributed by atoms with Gasteiger partial charge >= 0.3 is 0 Å². The second kappa shape index (κ2) is 9.34. The van der Waals surface area contributed by atoms with Crippen molar-refractivity contribution in [1.82, 2.24) is 14.1 Å². The number of sulfonamides is 1. The molecule has 1 aromatic rings. The zero-order valence-corrected chi connectivity index (χ0v) is 20.5. The Bertz CT molecular complexity index is 1100. The molecule has 4 rings (SSSR count). The summed E-state index contributed by atoms with van der Waals surface area (Å²) < 4.78 is 50.5. The van der Waals surface area contributed by atoms with Crippen molar-refractivity contribution in [3.05, 3.63) is 29.8 Å². The molecule has 3 saturated heterocycles. The average molecular weight is 498 g/mol. The average Bonchev–Trinajstić information content (AvgIpc) is 3.18. The van der Waals surface area contributed by atoms with E-state index < -0.39 is 25.8 Å². The van der Waals surface area contributed by atoms with Crippen molar-refractivity contribution in [2.45, 2.75) is 31.1 Å². The number of piperidine rings is 1. The number of carbonyl (C=O) groups excluding carboxylic acids is 2. The SMILES string of the molecule is Cc1ccc(S(=O)(=O)N2CCC(C(=O)N3CCN(C(=O)[C@@H]4CCS(=O)(=O)C4)CC3)CC2)cc1. The van der Waals surface area contributed by atoms with Gasteiger partial charge < -0.3 is 9.80 Å². The monoisotopic (exact) mass is 497 g/mol. The molecule has 9 nitrogen and oxygen atoms in total. The maximum Gasteiger partial charge on any atom is 0.243 e. The largest absolute Gasteiger partial charge is 0.339 e. The van der Waals surface area contributed by atoms with Crippen LogP contribution in [0.3, 0.4) is 0 Å². The topological polar surface area (TPSA) is 112 Å². The summed E-state index contributed by atoms with van der Waals surface area (Å²) in [6.45, 7) is 4.17. The zero-order valence-electron chi connectivity index (χ0n) is 18.8. The van der Waals surface area contributed by atoms with E-state index in [0.717, 1.165) is 5.56 Å². The number of benzene rings is 1. The minimum atomic E-state index is -3.56. The van der Waals surface area contributed by atoms with Crippen molar-refractivity contribution < 1.29 is 26.4 Å². The van der Waals surface area contributed by atoms with Crippen molar-refractivity contribution in [2.24, 2.45) is 11.8 Å². The van der Waals surface area contributed by atoms with Crippen molar-refractivity contribution >= 4 is 31.7 Å². The van der Waals surface area contributed by atoms with Crippen molar-refractivity contribution in [3.8, 4) is 0 Å². The summed E-state index contributed by atoms with van der Waals surface area (Å²) in [5, 5.41) is 0. The highest BCUT2D eigenvalue weighted by Gasteiger charge is 2.38. The molecular formula is C22H31N3O6S2. The molecule has 3 heterocycles. The Labute approximate surface area is 195 Å². The lowest BCUT2D eigenvalue weighted by molar-refractivity contribution is -0.144. The molecule has 0 aromatic heterocycles. The molecule has 3 aliphatic rings. The third kappa shape index (κ3) is 5.25. The second-order valence-corrected chi connectivity index (χ2v) is 13.4.